The summed E-state index contributed by atoms with van der Waals surface area (Å²) >= 11 is 0. The maximum atomic E-state index is 12.4. The lowest BCUT2D eigenvalue weighted by Crippen LogP contribution is -2.29. The molecule has 0 radical (unpaired) electrons. The van der Waals surface area contributed by atoms with E-state index in [0.29, 0.717) is 24.3 Å². The summed E-state index contributed by atoms with van der Waals surface area (Å²) < 4.78 is 1.72. The van der Waals surface area contributed by atoms with Crippen LogP contribution in [0.15, 0.2) is 54.7 Å². The van der Waals surface area contributed by atoms with Crippen molar-refractivity contribution in [2.75, 3.05) is 18.4 Å². The van der Waals surface area contributed by atoms with Gasteiger partial charge in [0.05, 0.1) is 16.9 Å². The molecule has 0 unspecified atom stereocenters. The maximum absolute atomic E-state index is 12.4. The van der Waals surface area contributed by atoms with Crippen molar-refractivity contribution in [3.63, 3.8) is 0 Å². The minimum Gasteiger partial charge on any atom is -0.368 e. The summed E-state index contributed by atoms with van der Waals surface area (Å²) in [5.74, 6) is 0.681. The zero-order valence-corrected chi connectivity index (χ0v) is 14.4. The highest BCUT2D eigenvalue weighted by Crippen LogP contribution is 2.11. The Balaban J connectivity index is 1.56. The first kappa shape index (κ1) is 16.7. The Morgan fingerprint density at radius 2 is 1.84 bits per heavy atom. The average Bonchev–Trinajstić information content (AvgIpc) is 3.01. The topological polar surface area (TPSA) is 71.8 Å². The second-order valence-corrected chi connectivity index (χ2v) is 5.76. The number of benzene rings is 1. The van der Waals surface area contributed by atoms with E-state index in [-0.39, 0.29) is 5.91 Å². The summed E-state index contributed by atoms with van der Waals surface area (Å²) in [7, 11) is 0. The second kappa shape index (κ2) is 7.61. The molecule has 128 valence electrons. The molecule has 0 fully saturated rings. The monoisotopic (exact) mass is 335 g/mol. The van der Waals surface area contributed by atoms with Gasteiger partial charge in [0.1, 0.15) is 5.82 Å². The molecule has 6 nitrogen and oxygen atoms in total. The van der Waals surface area contributed by atoms with Gasteiger partial charge in [0.2, 0.25) is 0 Å². The van der Waals surface area contributed by atoms with Crippen molar-refractivity contribution in [1.29, 1.82) is 0 Å². The van der Waals surface area contributed by atoms with E-state index in [1.165, 1.54) is 0 Å². The highest BCUT2D eigenvalue weighted by atomic mass is 16.1. The summed E-state index contributed by atoms with van der Waals surface area (Å²) in [5, 5.41) is 10.5. The summed E-state index contributed by atoms with van der Waals surface area (Å²) in [6.07, 6.45) is 1.76. The number of pyridine rings is 1. The molecule has 0 aliphatic rings. The fourth-order valence-electron chi connectivity index (χ4n) is 2.50. The quantitative estimate of drug-likeness (QED) is 0.680. The molecule has 0 aliphatic heterocycles. The van der Waals surface area contributed by atoms with Gasteiger partial charge < -0.3 is 10.6 Å². The molecule has 3 aromatic rings. The first-order chi connectivity index (χ1) is 12.1. The lowest BCUT2D eigenvalue weighted by Gasteiger charge is -2.07. The van der Waals surface area contributed by atoms with Crippen LogP contribution in [-0.2, 0) is 0 Å². The van der Waals surface area contributed by atoms with Crippen molar-refractivity contribution in [3.05, 3.63) is 71.7 Å². The van der Waals surface area contributed by atoms with E-state index < -0.39 is 0 Å². The van der Waals surface area contributed by atoms with Crippen molar-refractivity contribution in [2.45, 2.75) is 13.8 Å². The zero-order valence-electron chi connectivity index (χ0n) is 14.4. The van der Waals surface area contributed by atoms with E-state index in [2.05, 4.69) is 20.7 Å². The standard InChI is InChI=1S/C19H21N5O/c1-14-7-6-10-18(22-14)20-11-12-21-19(25)17-13-24(23-15(17)2)16-8-4-3-5-9-16/h3-10,13H,11-12H2,1-2H3,(H,20,22)(H,21,25). The smallest absolute Gasteiger partial charge is 0.254 e. The van der Waals surface area contributed by atoms with Crippen LogP contribution in [0.5, 0.6) is 0 Å². The highest BCUT2D eigenvalue weighted by Gasteiger charge is 2.13. The molecule has 0 saturated heterocycles. The molecule has 0 bridgehead atoms. The molecule has 0 aliphatic carbocycles. The Bertz CT molecular complexity index is 857. The zero-order chi connectivity index (χ0) is 17.6. The van der Waals surface area contributed by atoms with Crippen molar-refractivity contribution in [1.82, 2.24) is 20.1 Å². The van der Waals surface area contributed by atoms with Gasteiger partial charge in [-0.2, -0.15) is 5.10 Å². The summed E-state index contributed by atoms with van der Waals surface area (Å²) in [5.41, 5.74) is 3.17. The molecule has 0 atom stereocenters. The number of rotatable bonds is 6. The molecule has 3 rings (SSSR count). The number of nitrogens with zero attached hydrogens (tertiary/aromatic N) is 3. The Kier molecular flexibility index (Phi) is 5.09. The third kappa shape index (κ3) is 4.23. The number of carbonyl (C=O) groups excluding carboxylic acids is 1. The Morgan fingerprint density at radius 1 is 1.04 bits per heavy atom. The van der Waals surface area contributed by atoms with Crippen molar-refractivity contribution < 1.29 is 4.79 Å². The first-order valence-corrected chi connectivity index (χ1v) is 8.21. The molecule has 0 saturated carbocycles. The van der Waals surface area contributed by atoms with Crippen LogP contribution in [0.1, 0.15) is 21.7 Å². The molecule has 2 aromatic heterocycles. The van der Waals surface area contributed by atoms with E-state index in [0.717, 1.165) is 17.2 Å². The molecular weight excluding hydrogens is 314 g/mol. The molecule has 6 heteroatoms. The van der Waals surface area contributed by atoms with Gasteiger partial charge in [-0.3, -0.25) is 4.79 Å². The normalized spacial score (nSPS) is 10.5. The van der Waals surface area contributed by atoms with E-state index >= 15 is 0 Å². The SMILES string of the molecule is Cc1cccc(NCCNC(=O)c2cn(-c3ccccc3)nc2C)n1. The van der Waals surface area contributed by atoms with Crippen molar-refractivity contribution in [3.8, 4) is 5.69 Å². The van der Waals surface area contributed by atoms with Gasteiger partial charge in [-0.25, -0.2) is 9.67 Å². The number of para-hydroxylation sites is 1. The number of hydrogen-bond donors (Lipinski definition) is 2. The second-order valence-electron chi connectivity index (χ2n) is 5.76. The number of aromatic nitrogens is 3. The van der Waals surface area contributed by atoms with Crippen molar-refractivity contribution in [2.24, 2.45) is 0 Å². The summed E-state index contributed by atoms with van der Waals surface area (Å²) in [6.45, 7) is 4.89. The lowest BCUT2D eigenvalue weighted by atomic mass is 10.2. The summed E-state index contributed by atoms with van der Waals surface area (Å²) in [4.78, 5) is 16.7. The molecular formula is C19H21N5O. The van der Waals surface area contributed by atoms with E-state index in [1.54, 1.807) is 10.9 Å². The predicted octanol–water partition coefficient (Wildman–Crippen LogP) is 2.73. The van der Waals surface area contributed by atoms with Gasteiger partial charge in [-0.15, -0.1) is 0 Å². The fourth-order valence-corrected chi connectivity index (χ4v) is 2.50. The van der Waals surface area contributed by atoms with Gasteiger partial charge in [0, 0.05) is 25.0 Å². The third-order valence-electron chi connectivity index (χ3n) is 3.77. The van der Waals surface area contributed by atoms with Gasteiger partial charge in [-0.05, 0) is 38.1 Å². The van der Waals surface area contributed by atoms with E-state index in [4.69, 9.17) is 0 Å². The van der Waals surface area contributed by atoms with Crippen LogP contribution in [-0.4, -0.2) is 33.8 Å². The van der Waals surface area contributed by atoms with Crippen LogP contribution < -0.4 is 10.6 Å². The number of amides is 1. The first-order valence-electron chi connectivity index (χ1n) is 8.21. The van der Waals surface area contributed by atoms with Gasteiger partial charge >= 0.3 is 0 Å². The fraction of sp³-hybridized carbons (Fsp3) is 0.211. The molecule has 2 heterocycles. The van der Waals surface area contributed by atoms with Gasteiger partial charge in [0.15, 0.2) is 0 Å². The Labute approximate surface area is 146 Å². The number of anilines is 1. The van der Waals surface area contributed by atoms with Crippen LogP contribution in [0, 0.1) is 13.8 Å². The largest absolute Gasteiger partial charge is 0.368 e. The summed E-state index contributed by atoms with van der Waals surface area (Å²) in [6, 6.07) is 15.5. The van der Waals surface area contributed by atoms with E-state index in [9.17, 15) is 4.79 Å². The molecule has 2 N–H and O–H groups in total. The highest BCUT2D eigenvalue weighted by molar-refractivity contribution is 5.95. The van der Waals surface area contributed by atoms with Gasteiger partial charge in [0.25, 0.3) is 5.91 Å². The van der Waals surface area contributed by atoms with Crippen LogP contribution in [0.4, 0.5) is 5.82 Å². The van der Waals surface area contributed by atoms with Crippen molar-refractivity contribution >= 4 is 11.7 Å². The maximum Gasteiger partial charge on any atom is 0.254 e. The average molecular weight is 335 g/mol. The minimum atomic E-state index is -0.126. The third-order valence-corrected chi connectivity index (χ3v) is 3.77. The number of nitrogens with one attached hydrogen (secondary N) is 2. The minimum absolute atomic E-state index is 0.126. The molecule has 0 spiro atoms. The lowest BCUT2D eigenvalue weighted by molar-refractivity contribution is 0.0954. The van der Waals surface area contributed by atoms with Gasteiger partial charge in [-0.1, -0.05) is 24.3 Å². The number of carbonyl (C=O) groups is 1. The number of hydrogen-bond acceptors (Lipinski definition) is 4. The van der Waals surface area contributed by atoms with Crippen LogP contribution >= 0.6 is 0 Å². The Morgan fingerprint density at radius 3 is 2.60 bits per heavy atom. The molecule has 25 heavy (non-hydrogen) atoms. The van der Waals surface area contributed by atoms with Crippen LogP contribution in [0.25, 0.3) is 5.69 Å². The number of aryl methyl sites for hydroxylation is 2. The van der Waals surface area contributed by atoms with Crippen LogP contribution in [0.3, 0.4) is 0 Å². The molecule has 1 aromatic carbocycles. The molecule has 1 amide bonds. The van der Waals surface area contributed by atoms with Crippen LogP contribution in [0.2, 0.25) is 0 Å². The Hall–Kier alpha value is -3.15. The van der Waals surface area contributed by atoms with E-state index in [1.807, 2.05) is 62.4 Å². The predicted molar refractivity (Wildman–Crippen MR) is 98.1 cm³/mol.